The van der Waals surface area contributed by atoms with Crippen LogP contribution in [0.15, 0.2) is 41.0 Å². The summed E-state index contributed by atoms with van der Waals surface area (Å²) in [5.74, 6) is 3.30. The lowest BCUT2D eigenvalue weighted by atomic mass is 10.1. The predicted octanol–water partition coefficient (Wildman–Crippen LogP) is 4.10. The Kier molecular flexibility index (Phi) is 7.25. The van der Waals surface area contributed by atoms with E-state index in [1.807, 2.05) is 45.0 Å². The Bertz CT molecular complexity index is 620. The second-order valence-electron chi connectivity index (χ2n) is 5.76. The summed E-state index contributed by atoms with van der Waals surface area (Å²) in [6, 6.07) is 9.85. The highest BCUT2D eigenvalue weighted by molar-refractivity contribution is 7.98. The molecule has 0 bridgehead atoms. The number of thioether (sulfide) groups is 1. The Hall–Kier alpha value is -1.88. The Morgan fingerprint density at radius 2 is 2.04 bits per heavy atom. The Balaban J connectivity index is 1.74. The van der Waals surface area contributed by atoms with Gasteiger partial charge in [0.2, 0.25) is 0 Å². The molecule has 1 aromatic carbocycles. The lowest BCUT2D eigenvalue weighted by Crippen LogP contribution is -2.39. The number of hydrogen-bond donors (Lipinski definition) is 1. The van der Waals surface area contributed by atoms with Crippen molar-refractivity contribution in [1.82, 2.24) is 5.32 Å². The number of aryl methyl sites for hydroxylation is 2. The molecular formula is C19H25NO3S. The van der Waals surface area contributed by atoms with Crippen LogP contribution in [-0.2, 0) is 10.5 Å². The molecule has 1 amide bonds. The SMILES string of the molecule is CC[C@H](Oc1cc(C)cc(C)c1)C(=O)NCCSCc1ccco1. The summed E-state index contributed by atoms with van der Waals surface area (Å²) in [6.07, 6.45) is 1.85. The van der Waals surface area contributed by atoms with Gasteiger partial charge in [0.1, 0.15) is 11.5 Å². The van der Waals surface area contributed by atoms with Crippen LogP contribution in [-0.4, -0.2) is 24.3 Å². The molecule has 24 heavy (non-hydrogen) atoms. The van der Waals surface area contributed by atoms with E-state index >= 15 is 0 Å². The third-order valence-corrected chi connectivity index (χ3v) is 4.49. The van der Waals surface area contributed by atoms with Crippen molar-refractivity contribution >= 4 is 17.7 Å². The highest BCUT2D eigenvalue weighted by atomic mass is 32.2. The van der Waals surface area contributed by atoms with Crippen LogP contribution in [0.5, 0.6) is 5.75 Å². The summed E-state index contributed by atoms with van der Waals surface area (Å²) in [6.45, 7) is 6.63. The molecule has 0 radical (unpaired) electrons. The summed E-state index contributed by atoms with van der Waals surface area (Å²) in [5, 5.41) is 2.95. The largest absolute Gasteiger partial charge is 0.481 e. The zero-order valence-corrected chi connectivity index (χ0v) is 15.3. The van der Waals surface area contributed by atoms with Gasteiger partial charge in [0.25, 0.3) is 5.91 Å². The minimum absolute atomic E-state index is 0.0599. The van der Waals surface area contributed by atoms with E-state index in [9.17, 15) is 4.79 Å². The maximum atomic E-state index is 12.3. The Labute approximate surface area is 148 Å². The van der Waals surface area contributed by atoms with Crippen molar-refractivity contribution in [2.24, 2.45) is 0 Å². The van der Waals surface area contributed by atoms with Gasteiger partial charge in [-0.2, -0.15) is 11.8 Å². The van der Waals surface area contributed by atoms with E-state index < -0.39 is 6.10 Å². The van der Waals surface area contributed by atoms with Crippen LogP contribution in [0.25, 0.3) is 0 Å². The number of carbonyl (C=O) groups is 1. The first-order valence-electron chi connectivity index (χ1n) is 8.21. The molecule has 1 N–H and O–H groups in total. The minimum Gasteiger partial charge on any atom is -0.481 e. The van der Waals surface area contributed by atoms with Crippen LogP contribution in [0.1, 0.15) is 30.2 Å². The maximum absolute atomic E-state index is 12.3. The van der Waals surface area contributed by atoms with Crippen LogP contribution in [0.2, 0.25) is 0 Å². The van der Waals surface area contributed by atoms with Gasteiger partial charge in [0.15, 0.2) is 6.10 Å². The third kappa shape index (κ3) is 5.96. The van der Waals surface area contributed by atoms with E-state index in [0.29, 0.717) is 13.0 Å². The summed E-state index contributed by atoms with van der Waals surface area (Å²) >= 11 is 1.73. The van der Waals surface area contributed by atoms with Gasteiger partial charge >= 0.3 is 0 Å². The highest BCUT2D eigenvalue weighted by Crippen LogP contribution is 2.18. The van der Waals surface area contributed by atoms with Gasteiger partial charge in [0.05, 0.1) is 12.0 Å². The molecular weight excluding hydrogens is 322 g/mol. The molecule has 5 heteroatoms. The van der Waals surface area contributed by atoms with E-state index in [4.69, 9.17) is 9.15 Å². The van der Waals surface area contributed by atoms with E-state index in [0.717, 1.165) is 34.1 Å². The smallest absolute Gasteiger partial charge is 0.261 e. The van der Waals surface area contributed by atoms with Crippen LogP contribution in [0, 0.1) is 13.8 Å². The minimum atomic E-state index is -0.457. The average molecular weight is 347 g/mol. The molecule has 130 valence electrons. The van der Waals surface area contributed by atoms with Crippen molar-refractivity contribution < 1.29 is 13.9 Å². The summed E-state index contributed by atoms with van der Waals surface area (Å²) in [5.41, 5.74) is 2.27. The van der Waals surface area contributed by atoms with Gasteiger partial charge in [-0.25, -0.2) is 0 Å². The third-order valence-electron chi connectivity index (χ3n) is 3.51. The van der Waals surface area contributed by atoms with Crippen LogP contribution >= 0.6 is 11.8 Å². The molecule has 0 saturated heterocycles. The van der Waals surface area contributed by atoms with E-state index in [1.54, 1.807) is 18.0 Å². The number of amides is 1. The Morgan fingerprint density at radius 3 is 2.67 bits per heavy atom. The molecule has 1 aromatic heterocycles. The second kappa shape index (κ2) is 9.42. The zero-order chi connectivity index (χ0) is 17.4. The number of nitrogens with one attached hydrogen (secondary N) is 1. The van der Waals surface area contributed by atoms with Gasteiger partial charge in [-0.1, -0.05) is 13.0 Å². The molecule has 0 unspecified atom stereocenters. The molecule has 0 aliphatic carbocycles. The molecule has 0 fully saturated rings. The van der Waals surface area contributed by atoms with Gasteiger partial charge in [-0.05, 0) is 55.7 Å². The molecule has 4 nitrogen and oxygen atoms in total. The van der Waals surface area contributed by atoms with Crippen molar-refractivity contribution in [3.63, 3.8) is 0 Å². The van der Waals surface area contributed by atoms with Crippen molar-refractivity contribution in [3.05, 3.63) is 53.5 Å². The van der Waals surface area contributed by atoms with Crippen molar-refractivity contribution in [3.8, 4) is 5.75 Å². The lowest BCUT2D eigenvalue weighted by molar-refractivity contribution is -0.127. The molecule has 0 spiro atoms. The number of rotatable bonds is 9. The molecule has 0 aliphatic heterocycles. The fourth-order valence-corrected chi connectivity index (χ4v) is 3.17. The normalized spacial score (nSPS) is 12.0. The summed E-state index contributed by atoms with van der Waals surface area (Å²) in [4.78, 5) is 12.3. The zero-order valence-electron chi connectivity index (χ0n) is 14.5. The number of ether oxygens (including phenoxy) is 1. The average Bonchev–Trinajstić information content (AvgIpc) is 3.04. The van der Waals surface area contributed by atoms with Crippen LogP contribution in [0.3, 0.4) is 0 Å². The predicted molar refractivity (Wildman–Crippen MR) is 98.5 cm³/mol. The highest BCUT2D eigenvalue weighted by Gasteiger charge is 2.18. The molecule has 0 saturated carbocycles. The van der Waals surface area contributed by atoms with Gasteiger partial charge in [-0.15, -0.1) is 0 Å². The fraction of sp³-hybridized carbons (Fsp3) is 0.421. The van der Waals surface area contributed by atoms with E-state index in [2.05, 4.69) is 11.4 Å². The first kappa shape index (κ1) is 18.5. The van der Waals surface area contributed by atoms with Gasteiger partial charge in [-0.3, -0.25) is 4.79 Å². The van der Waals surface area contributed by atoms with Crippen LogP contribution in [0.4, 0.5) is 0 Å². The molecule has 1 heterocycles. The van der Waals surface area contributed by atoms with Crippen molar-refractivity contribution in [2.45, 2.75) is 39.0 Å². The monoisotopic (exact) mass is 347 g/mol. The molecule has 1 atom stereocenters. The second-order valence-corrected chi connectivity index (χ2v) is 6.87. The molecule has 2 aromatic rings. The maximum Gasteiger partial charge on any atom is 0.261 e. The molecule has 0 aliphatic rings. The topological polar surface area (TPSA) is 51.5 Å². The fourth-order valence-electron chi connectivity index (χ4n) is 2.42. The Morgan fingerprint density at radius 1 is 1.29 bits per heavy atom. The van der Waals surface area contributed by atoms with Crippen LogP contribution < -0.4 is 10.1 Å². The lowest BCUT2D eigenvalue weighted by Gasteiger charge is -2.18. The number of benzene rings is 1. The summed E-state index contributed by atoms with van der Waals surface area (Å²) in [7, 11) is 0. The quantitative estimate of drug-likeness (QED) is 0.694. The van der Waals surface area contributed by atoms with Gasteiger partial charge in [0, 0.05) is 12.3 Å². The first-order valence-corrected chi connectivity index (χ1v) is 9.36. The van der Waals surface area contributed by atoms with E-state index in [-0.39, 0.29) is 5.91 Å². The molecule has 2 rings (SSSR count). The number of furan rings is 1. The number of carbonyl (C=O) groups excluding carboxylic acids is 1. The first-order chi connectivity index (χ1) is 11.6. The van der Waals surface area contributed by atoms with Crippen molar-refractivity contribution in [1.29, 1.82) is 0 Å². The number of hydrogen-bond acceptors (Lipinski definition) is 4. The van der Waals surface area contributed by atoms with Gasteiger partial charge < -0.3 is 14.5 Å². The summed E-state index contributed by atoms with van der Waals surface area (Å²) < 4.78 is 11.1. The standard InChI is InChI=1S/C19H25NO3S/c1-4-18(23-17-11-14(2)10-15(3)12-17)19(21)20-7-9-24-13-16-6-5-8-22-16/h5-6,8,10-12,18H,4,7,9,13H2,1-3H3,(H,20,21)/t18-/m0/s1. The van der Waals surface area contributed by atoms with E-state index in [1.165, 1.54) is 0 Å². The van der Waals surface area contributed by atoms with Crippen molar-refractivity contribution in [2.75, 3.05) is 12.3 Å².